The van der Waals surface area contributed by atoms with Crippen LogP contribution in [0.3, 0.4) is 0 Å². The number of aliphatic imine (C=N–C) groups is 1. The van der Waals surface area contributed by atoms with Gasteiger partial charge in [0.2, 0.25) is 0 Å². The first-order valence-corrected chi connectivity index (χ1v) is 9.00. The van der Waals surface area contributed by atoms with E-state index >= 15 is 0 Å². The Morgan fingerprint density at radius 3 is 2.19 bits per heavy atom. The highest BCUT2D eigenvalue weighted by Gasteiger charge is 2.27. The third kappa shape index (κ3) is 5.12. The van der Waals surface area contributed by atoms with Gasteiger partial charge in [-0.2, -0.15) is 0 Å². The second-order valence-electron chi connectivity index (χ2n) is 6.19. The summed E-state index contributed by atoms with van der Waals surface area (Å²) in [5.74, 6) is 0.0390. The molecule has 1 aliphatic rings. The number of piperazine rings is 1. The van der Waals surface area contributed by atoms with Gasteiger partial charge in [0.05, 0.1) is 5.69 Å². The number of carbonyl (C=O) groups excluding carboxylic acids is 1. The molecule has 1 fully saturated rings. The lowest BCUT2D eigenvalue weighted by molar-refractivity contribution is -0.00749. The molecule has 1 saturated heterocycles. The highest BCUT2D eigenvalue weighted by atomic mass is 35.5. The van der Waals surface area contributed by atoms with Crippen LogP contribution in [0.5, 0.6) is 0 Å². The van der Waals surface area contributed by atoms with E-state index in [0.29, 0.717) is 0 Å². The molecule has 1 atom stereocenters. The van der Waals surface area contributed by atoms with Crippen LogP contribution in [0.15, 0.2) is 59.6 Å². The summed E-state index contributed by atoms with van der Waals surface area (Å²) >= 11 is 5.49. The molecule has 1 unspecified atom stereocenters. The second kappa shape index (κ2) is 8.75. The summed E-state index contributed by atoms with van der Waals surface area (Å²) in [4.78, 5) is 19.7. The van der Waals surface area contributed by atoms with Gasteiger partial charge in [0.1, 0.15) is 0 Å². The van der Waals surface area contributed by atoms with Crippen molar-refractivity contribution in [2.45, 2.75) is 6.23 Å². The van der Waals surface area contributed by atoms with E-state index in [1.807, 2.05) is 54.6 Å². The van der Waals surface area contributed by atoms with E-state index in [0.717, 1.165) is 43.1 Å². The topological polar surface area (TPSA) is 97.2 Å². The fourth-order valence-corrected chi connectivity index (χ4v) is 3.24. The lowest BCUT2D eigenvalue weighted by atomic mass is 10.1. The molecule has 0 saturated carbocycles. The molecule has 2 aromatic rings. The van der Waals surface area contributed by atoms with E-state index in [4.69, 9.17) is 27.8 Å². The molecule has 0 aromatic heterocycles. The van der Waals surface area contributed by atoms with Gasteiger partial charge < -0.3 is 21.1 Å². The van der Waals surface area contributed by atoms with Crippen molar-refractivity contribution >= 4 is 34.4 Å². The number of guanidine groups is 1. The van der Waals surface area contributed by atoms with Crippen LogP contribution in [-0.2, 0) is 4.74 Å². The van der Waals surface area contributed by atoms with E-state index in [1.165, 1.54) is 0 Å². The second-order valence-corrected chi connectivity index (χ2v) is 6.50. The number of benzene rings is 2. The molecule has 1 heterocycles. The summed E-state index contributed by atoms with van der Waals surface area (Å²) in [5.41, 5.74) is 12.7. The molecular weight excluding hydrogens is 366 g/mol. The molecule has 0 amide bonds. The maximum Gasteiger partial charge on any atom is 0.405 e. The van der Waals surface area contributed by atoms with Crippen molar-refractivity contribution in [3.05, 3.63) is 60.2 Å². The van der Waals surface area contributed by atoms with Gasteiger partial charge in [0.25, 0.3) is 0 Å². The molecule has 8 heteroatoms. The van der Waals surface area contributed by atoms with Gasteiger partial charge in [-0.15, -0.1) is 0 Å². The summed E-state index contributed by atoms with van der Waals surface area (Å²) in [5, 5.41) is 0. The van der Waals surface area contributed by atoms with E-state index < -0.39 is 11.7 Å². The van der Waals surface area contributed by atoms with Gasteiger partial charge in [0.15, 0.2) is 12.2 Å². The minimum absolute atomic E-state index is 0.0390. The Labute approximate surface area is 163 Å². The molecule has 27 heavy (non-hydrogen) atoms. The van der Waals surface area contributed by atoms with Crippen molar-refractivity contribution in [1.82, 2.24) is 4.90 Å². The normalized spacial score (nSPS) is 15.8. The Bertz CT molecular complexity index is 786. The van der Waals surface area contributed by atoms with Crippen LogP contribution in [0, 0.1) is 0 Å². The standard InChI is InChI=1S/C19H22ClN5O2/c20-18(26)27-17(14-4-2-1-3-5-14)25-12-10-24(11-13-25)16-8-6-15(7-9-16)23-19(21)22/h1-9,17H,10-13H2,(H4,21,22,23). The summed E-state index contributed by atoms with van der Waals surface area (Å²) in [7, 11) is 0. The molecule has 1 aliphatic heterocycles. The highest BCUT2D eigenvalue weighted by molar-refractivity contribution is 6.61. The molecule has 0 radical (unpaired) electrons. The Balaban J connectivity index is 1.66. The zero-order valence-corrected chi connectivity index (χ0v) is 15.5. The number of nitrogens with zero attached hydrogens (tertiary/aromatic N) is 3. The average Bonchev–Trinajstić information content (AvgIpc) is 2.67. The van der Waals surface area contributed by atoms with Crippen molar-refractivity contribution in [2.75, 3.05) is 31.1 Å². The van der Waals surface area contributed by atoms with Crippen LogP contribution in [0.4, 0.5) is 16.2 Å². The van der Waals surface area contributed by atoms with E-state index in [2.05, 4.69) is 14.8 Å². The Morgan fingerprint density at radius 2 is 1.63 bits per heavy atom. The lowest BCUT2D eigenvalue weighted by Crippen LogP contribution is -2.48. The number of rotatable bonds is 5. The minimum Gasteiger partial charge on any atom is -0.430 e. The van der Waals surface area contributed by atoms with E-state index in [9.17, 15) is 4.79 Å². The minimum atomic E-state index is -0.804. The first-order chi connectivity index (χ1) is 13.0. The average molecular weight is 388 g/mol. The van der Waals surface area contributed by atoms with Crippen LogP contribution in [0.2, 0.25) is 0 Å². The van der Waals surface area contributed by atoms with Crippen molar-refractivity contribution in [3.8, 4) is 0 Å². The SMILES string of the molecule is NC(N)=Nc1ccc(N2CCN(C(OC(=O)Cl)c3ccccc3)CC2)cc1. The zero-order valence-electron chi connectivity index (χ0n) is 14.8. The summed E-state index contributed by atoms with van der Waals surface area (Å²) in [6.45, 7) is 3.06. The molecule has 3 rings (SSSR count). The number of hydrogen-bond donors (Lipinski definition) is 2. The number of halogens is 1. The summed E-state index contributed by atoms with van der Waals surface area (Å²) in [6.07, 6.45) is -0.484. The Morgan fingerprint density at radius 1 is 1.00 bits per heavy atom. The molecule has 4 N–H and O–H groups in total. The fraction of sp³-hybridized carbons (Fsp3) is 0.263. The predicted molar refractivity (Wildman–Crippen MR) is 107 cm³/mol. The molecule has 142 valence electrons. The Kier molecular flexibility index (Phi) is 6.16. The molecule has 2 aromatic carbocycles. The van der Waals surface area contributed by atoms with Gasteiger partial charge in [-0.3, -0.25) is 4.90 Å². The van der Waals surface area contributed by atoms with Crippen molar-refractivity contribution < 1.29 is 9.53 Å². The molecular formula is C19H22ClN5O2. The third-order valence-electron chi connectivity index (χ3n) is 4.41. The van der Waals surface area contributed by atoms with Crippen LogP contribution in [0.1, 0.15) is 11.8 Å². The predicted octanol–water partition coefficient (Wildman–Crippen LogP) is 2.79. The molecule has 0 aliphatic carbocycles. The third-order valence-corrected chi connectivity index (χ3v) is 4.50. The van der Waals surface area contributed by atoms with Crippen LogP contribution in [-0.4, -0.2) is 42.5 Å². The van der Waals surface area contributed by atoms with E-state index in [1.54, 1.807) is 0 Å². The molecule has 0 spiro atoms. The maximum absolute atomic E-state index is 11.3. The monoisotopic (exact) mass is 387 g/mol. The van der Waals surface area contributed by atoms with Crippen molar-refractivity contribution in [3.63, 3.8) is 0 Å². The first-order valence-electron chi connectivity index (χ1n) is 8.62. The van der Waals surface area contributed by atoms with Gasteiger partial charge in [-0.25, -0.2) is 9.79 Å². The summed E-state index contributed by atoms with van der Waals surface area (Å²) < 4.78 is 5.37. The number of anilines is 1. The number of hydrogen-bond acceptors (Lipinski definition) is 5. The van der Waals surface area contributed by atoms with Gasteiger partial charge in [-0.05, 0) is 24.3 Å². The number of ether oxygens (including phenoxy) is 1. The molecule has 7 nitrogen and oxygen atoms in total. The largest absolute Gasteiger partial charge is 0.430 e. The van der Waals surface area contributed by atoms with Crippen LogP contribution in [0.25, 0.3) is 0 Å². The van der Waals surface area contributed by atoms with Crippen LogP contribution < -0.4 is 16.4 Å². The Hall–Kier alpha value is -2.77. The van der Waals surface area contributed by atoms with Crippen molar-refractivity contribution in [1.29, 1.82) is 0 Å². The smallest absolute Gasteiger partial charge is 0.405 e. The van der Waals surface area contributed by atoms with Gasteiger partial charge >= 0.3 is 5.43 Å². The number of carbonyl (C=O) groups is 1. The fourth-order valence-electron chi connectivity index (χ4n) is 3.16. The first kappa shape index (κ1) is 19.0. The van der Waals surface area contributed by atoms with Crippen LogP contribution >= 0.6 is 11.6 Å². The van der Waals surface area contributed by atoms with Gasteiger partial charge in [0, 0.05) is 49.0 Å². The van der Waals surface area contributed by atoms with Gasteiger partial charge in [-0.1, -0.05) is 30.3 Å². The van der Waals surface area contributed by atoms with E-state index in [-0.39, 0.29) is 5.96 Å². The zero-order chi connectivity index (χ0) is 19.2. The molecule has 0 bridgehead atoms. The van der Waals surface area contributed by atoms with Crippen molar-refractivity contribution in [2.24, 2.45) is 16.5 Å². The number of nitrogens with two attached hydrogens (primary N) is 2. The summed E-state index contributed by atoms with van der Waals surface area (Å²) in [6, 6.07) is 17.4. The maximum atomic E-state index is 11.3. The highest BCUT2D eigenvalue weighted by Crippen LogP contribution is 2.27. The quantitative estimate of drug-likeness (QED) is 0.465. The lowest BCUT2D eigenvalue weighted by Gasteiger charge is -2.39.